The van der Waals surface area contributed by atoms with Crippen molar-refractivity contribution in [1.29, 1.82) is 0 Å². The summed E-state index contributed by atoms with van der Waals surface area (Å²) in [5.74, 6) is 5.02. The Morgan fingerprint density at radius 1 is 0.750 bits per heavy atom. The summed E-state index contributed by atoms with van der Waals surface area (Å²) in [7, 11) is 1.05. The van der Waals surface area contributed by atoms with Crippen molar-refractivity contribution >= 4 is 8.58 Å². The van der Waals surface area contributed by atoms with Gasteiger partial charge in [-0.05, 0) is 34.6 Å². The molecule has 0 N–H and O–H groups in total. The van der Waals surface area contributed by atoms with E-state index in [1.807, 2.05) is 24.3 Å². The first kappa shape index (κ1) is 21.8. The third-order valence-electron chi connectivity index (χ3n) is 1.97. The Bertz CT molecular complexity index is 414. The van der Waals surface area contributed by atoms with E-state index in [4.69, 9.17) is 12.8 Å². The van der Waals surface area contributed by atoms with Gasteiger partial charge in [-0.1, -0.05) is 53.4 Å². The first-order valence-corrected chi connectivity index (χ1v) is 7.40. The monoisotopic (exact) mass is 467 g/mol. The van der Waals surface area contributed by atoms with Crippen molar-refractivity contribution in [2.24, 2.45) is 0 Å². The molecule has 0 atom stereocenters. The van der Waals surface area contributed by atoms with E-state index in [9.17, 15) is 0 Å². The Balaban J connectivity index is 0. The molecule has 0 nitrogen and oxygen atoms in total. The van der Waals surface area contributed by atoms with Crippen molar-refractivity contribution < 1.29 is 21.1 Å². The summed E-state index contributed by atoms with van der Waals surface area (Å²) in [5.41, 5.74) is 1.72. The summed E-state index contributed by atoms with van der Waals surface area (Å²) >= 11 is 0. The predicted molar refractivity (Wildman–Crippen MR) is 90.1 cm³/mol. The smallest absolute Gasteiger partial charge is 0.0243 e. The molecule has 0 bridgehead atoms. The minimum absolute atomic E-state index is 0. The Labute approximate surface area is 141 Å². The first-order chi connectivity index (χ1) is 8.57. The van der Waals surface area contributed by atoms with Gasteiger partial charge in [-0.2, -0.15) is 0 Å². The molecule has 1 aromatic carbocycles. The first-order valence-electron chi connectivity index (χ1n) is 6.40. The number of terminal acetylenes is 2. The Morgan fingerprint density at radius 2 is 1.00 bits per heavy atom. The second-order valence-corrected chi connectivity index (χ2v) is 9.74. The molecule has 0 aliphatic carbocycles. The van der Waals surface area contributed by atoms with Gasteiger partial charge in [-0.25, -0.2) is 0 Å². The normalized spacial score (nSPS) is 10.2. The molecule has 0 spiro atoms. The van der Waals surface area contributed by atoms with Gasteiger partial charge < -0.3 is 0 Å². The molecule has 0 saturated carbocycles. The van der Waals surface area contributed by atoms with E-state index in [0.29, 0.717) is 10.3 Å². The minimum Gasteiger partial charge on any atom is -0.115 e. The molecule has 0 heterocycles. The SMILES string of the molecule is C#Cc1ccc(C#C)cc1.CC(C)(C)PC(C)(C)C.[Pt]. The Kier molecular flexibility index (Phi) is 10.2. The maximum absolute atomic E-state index is 5.14. The van der Waals surface area contributed by atoms with E-state index < -0.39 is 0 Å². The number of hydrogen-bond donors (Lipinski definition) is 0. The number of benzene rings is 1. The van der Waals surface area contributed by atoms with Gasteiger partial charge in [0.1, 0.15) is 0 Å². The van der Waals surface area contributed by atoms with Gasteiger partial charge >= 0.3 is 0 Å². The molecular formula is C18H25PPt. The molecule has 0 fully saturated rings. The van der Waals surface area contributed by atoms with Gasteiger partial charge in [0.2, 0.25) is 0 Å². The van der Waals surface area contributed by atoms with Crippen molar-refractivity contribution in [3.05, 3.63) is 35.4 Å². The second-order valence-electron chi connectivity index (χ2n) is 6.49. The third kappa shape index (κ3) is 12.5. The van der Waals surface area contributed by atoms with Crippen molar-refractivity contribution in [3.8, 4) is 24.7 Å². The van der Waals surface area contributed by atoms with Crippen LogP contribution in [-0.4, -0.2) is 10.3 Å². The number of hydrogen-bond acceptors (Lipinski definition) is 0. The molecule has 0 saturated heterocycles. The molecule has 112 valence electrons. The molecule has 20 heavy (non-hydrogen) atoms. The van der Waals surface area contributed by atoms with E-state index in [2.05, 4.69) is 53.4 Å². The zero-order valence-electron chi connectivity index (χ0n) is 13.3. The zero-order chi connectivity index (χ0) is 15.1. The van der Waals surface area contributed by atoms with Crippen LogP contribution >= 0.6 is 8.58 Å². The van der Waals surface area contributed by atoms with Crippen LogP contribution in [0.25, 0.3) is 0 Å². The van der Waals surface area contributed by atoms with E-state index >= 15 is 0 Å². The van der Waals surface area contributed by atoms with Crippen molar-refractivity contribution in [3.63, 3.8) is 0 Å². The van der Waals surface area contributed by atoms with Crippen LogP contribution < -0.4 is 0 Å². The molecule has 0 radical (unpaired) electrons. The third-order valence-corrected chi connectivity index (χ3v) is 3.47. The summed E-state index contributed by atoms with van der Waals surface area (Å²) in [6.45, 7) is 13.8. The van der Waals surface area contributed by atoms with Crippen LogP contribution in [0.1, 0.15) is 52.7 Å². The molecule has 0 amide bonds. The van der Waals surface area contributed by atoms with Gasteiger partial charge in [0, 0.05) is 32.2 Å². The van der Waals surface area contributed by atoms with E-state index in [1.165, 1.54) is 0 Å². The molecule has 1 rings (SSSR count). The zero-order valence-corrected chi connectivity index (χ0v) is 16.6. The molecule has 0 aliphatic rings. The standard InChI is InChI=1S/C10H6.C8H19P.Pt/c1-3-9-5-7-10(4-2)8-6-9;1-7(2,3)9-8(4,5)6;/h1-2,5-8H;9H,1-6H3;. The van der Waals surface area contributed by atoms with E-state index in [1.54, 1.807) is 0 Å². The molecule has 1 aromatic rings. The van der Waals surface area contributed by atoms with Crippen LogP contribution in [0, 0.1) is 24.7 Å². The summed E-state index contributed by atoms with van der Waals surface area (Å²) in [4.78, 5) is 0. The van der Waals surface area contributed by atoms with Crippen molar-refractivity contribution in [2.75, 3.05) is 0 Å². The fraction of sp³-hybridized carbons (Fsp3) is 0.444. The summed E-state index contributed by atoms with van der Waals surface area (Å²) in [5, 5.41) is 1.02. The molecule has 0 unspecified atom stereocenters. The van der Waals surface area contributed by atoms with Gasteiger partial charge in [0.25, 0.3) is 0 Å². The average Bonchev–Trinajstić information content (AvgIpc) is 2.25. The quantitative estimate of drug-likeness (QED) is 0.376. The summed E-state index contributed by atoms with van der Waals surface area (Å²) in [6, 6.07) is 7.31. The largest absolute Gasteiger partial charge is 0.115 e. The average molecular weight is 467 g/mol. The van der Waals surface area contributed by atoms with Crippen LogP contribution in [-0.2, 0) is 21.1 Å². The maximum Gasteiger partial charge on any atom is 0.0243 e. The number of rotatable bonds is 0. The topological polar surface area (TPSA) is 0 Å². The van der Waals surface area contributed by atoms with Crippen LogP contribution in [0.5, 0.6) is 0 Å². The summed E-state index contributed by atoms with van der Waals surface area (Å²) < 4.78 is 0. The van der Waals surface area contributed by atoms with E-state index in [-0.39, 0.29) is 21.1 Å². The van der Waals surface area contributed by atoms with Gasteiger partial charge in [-0.3, -0.25) is 0 Å². The predicted octanol–water partition coefficient (Wildman–Crippen LogP) is 4.91. The summed E-state index contributed by atoms with van der Waals surface area (Å²) in [6.07, 6.45) is 10.3. The molecule has 0 aromatic heterocycles. The van der Waals surface area contributed by atoms with Crippen LogP contribution in [0.2, 0.25) is 0 Å². The maximum atomic E-state index is 5.14. The van der Waals surface area contributed by atoms with Gasteiger partial charge in [0.15, 0.2) is 0 Å². The van der Waals surface area contributed by atoms with Gasteiger partial charge in [0.05, 0.1) is 0 Å². The molecule has 0 aliphatic heterocycles. The van der Waals surface area contributed by atoms with Crippen molar-refractivity contribution in [2.45, 2.75) is 51.9 Å². The van der Waals surface area contributed by atoms with Crippen molar-refractivity contribution in [1.82, 2.24) is 0 Å². The fourth-order valence-electron chi connectivity index (χ4n) is 1.79. The van der Waals surface area contributed by atoms with Crippen LogP contribution in [0.3, 0.4) is 0 Å². The Hall–Kier alpha value is -0.542. The van der Waals surface area contributed by atoms with Crippen LogP contribution in [0.15, 0.2) is 24.3 Å². The fourth-order valence-corrected chi connectivity index (χ4v) is 4.04. The Morgan fingerprint density at radius 3 is 1.10 bits per heavy atom. The second kappa shape index (κ2) is 9.40. The molecule has 2 heteroatoms. The van der Waals surface area contributed by atoms with E-state index in [0.717, 1.165) is 19.7 Å². The van der Waals surface area contributed by atoms with Gasteiger partial charge in [-0.15, -0.1) is 21.4 Å². The minimum atomic E-state index is 0. The van der Waals surface area contributed by atoms with Crippen LogP contribution in [0.4, 0.5) is 0 Å². The molecular weight excluding hydrogens is 442 g/mol.